The Balaban J connectivity index is 1.84. The standard InChI is InChI=1S/C28H22N2O2/c31-30(32)28(22-16-8-3-9-17-22)25(20-12-4-1-5-13-20)26-23-18-10-11-19-24(23)29-27(26)21-14-6-2-7-15-21/h1-19,25,28-29H/t25-,28?/m0/s1. The third-order valence-corrected chi connectivity index (χ3v) is 5.96. The molecule has 5 aromatic rings. The molecule has 0 fully saturated rings. The van der Waals surface area contributed by atoms with Crippen LogP contribution in [0.25, 0.3) is 22.2 Å². The van der Waals surface area contributed by atoms with Gasteiger partial charge in [0, 0.05) is 27.0 Å². The molecule has 5 rings (SSSR count). The summed E-state index contributed by atoms with van der Waals surface area (Å²) in [6, 6.07) is 36.3. The quantitative estimate of drug-likeness (QED) is 0.239. The van der Waals surface area contributed by atoms with E-state index >= 15 is 0 Å². The topological polar surface area (TPSA) is 58.9 Å². The van der Waals surface area contributed by atoms with E-state index in [4.69, 9.17) is 0 Å². The van der Waals surface area contributed by atoms with E-state index in [1.165, 1.54) is 0 Å². The fourth-order valence-electron chi connectivity index (χ4n) is 4.57. The summed E-state index contributed by atoms with van der Waals surface area (Å²) in [6.07, 6.45) is 0. The first-order valence-corrected chi connectivity index (χ1v) is 10.6. The first-order valence-electron chi connectivity index (χ1n) is 10.6. The number of rotatable bonds is 6. The van der Waals surface area contributed by atoms with Gasteiger partial charge in [-0.25, -0.2) is 0 Å². The number of nitro groups is 1. The first kappa shape index (κ1) is 19.8. The largest absolute Gasteiger partial charge is 0.354 e. The Morgan fingerprint density at radius 3 is 1.81 bits per heavy atom. The number of benzene rings is 4. The van der Waals surface area contributed by atoms with Gasteiger partial charge in [0.15, 0.2) is 0 Å². The van der Waals surface area contributed by atoms with Gasteiger partial charge >= 0.3 is 0 Å². The van der Waals surface area contributed by atoms with Gasteiger partial charge in [-0.1, -0.05) is 109 Å². The van der Waals surface area contributed by atoms with E-state index in [1.54, 1.807) is 0 Å². The SMILES string of the molecule is O=[N+]([O-])C(c1ccccc1)[C@@H](c1ccccc1)c1c(-c2ccccc2)[nH]c2ccccc12. The number of aromatic nitrogens is 1. The third kappa shape index (κ3) is 3.56. The van der Waals surface area contributed by atoms with Gasteiger partial charge in [-0.2, -0.15) is 0 Å². The molecule has 0 aliphatic carbocycles. The van der Waals surface area contributed by atoms with Gasteiger partial charge in [-0.3, -0.25) is 10.1 Å². The van der Waals surface area contributed by atoms with Gasteiger partial charge in [0.1, 0.15) is 0 Å². The maximum atomic E-state index is 12.6. The highest BCUT2D eigenvalue weighted by Crippen LogP contribution is 2.45. The molecule has 4 aromatic carbocycles. The van der Waals surface area contributed by atoms with Crippen molar-refractivity contribution in [2.24, 2.45) is 0 Å². The van der Waals surface area contributed by atoms with Crippen molar-refractivity contribution < 1.29 is 4.92 Å². The number of aromatic amines is 1. The van der Waals surface area contributed by atoms with E-state index < -0.39 is 12.0 Å². The Morgan fingerprint density at radius 1 is 0.656 bits per heavy atom. The summed E-state index contributed by atoms with van der Waals surface area (Å²) in [5.74, 6) is -0.472. The van der Waals surface area contributed by atoms with E-state index in [-0.39, 0.29) is 4.92 Å². The summed E-state index contributed by atoms with van der Waals surface area (Å²) in [7, 11) is 0. The van der Waals surface area contributed by atoms with Crippen molar-refractivity contribution in [3.8, 4) is 11.3 Å². The normalized spacial score (nSPS) is 13.0. The first-order chi connectivity index (χ1) is 15.7. The van der Waals surface area contributed by atoms with E-state index in [1.807, 2.05) is 115 Å². The van der Waals surface area contributed by atoms with Crippen molar-refractivity contribution in [1.29, 1.82) is 0 Å². The summed E-state index contributed by atoms with van der Waals surface area (Å²) in [6.45, 7) is 0. The minimum Gasteiger partial charge on any atom is -0.354 e. The minimum atomic E-state index is -0.930. The lowest BCUT2D eigenvalue weighted by Crippen LogP contribution is -2.21. The molecule has 0 amide bonds. The molecular formula is C28H22N2O2. The fourth-order valence-corrected chi connectivity index (χ4v) is 4.57. The van der Waals surface area contributed by atoms with Crippen molar-refractivity contribution in [3.63, 3.8) is 0 Å². The van der Waals surface area contributed by atoms with Crippen molar-refractivity contribution in [3.05, 3.63) is 142 Å². The van der Waals surface area contributed by atoms with Crippen LogP contribution in [-0.2, 0) is 0 Å². The average Bonchev–Trinajstić information content (AvgIpc) is 3.23. The summed E-state index contributed by atoms with van der Waals surface area (Å²) in [5.41, 5.74) is 5.45. The van der Waals surface area contributed by atoms with Crippen LogP contribution in [-0.4, -0.2) is 9.91 Å². The molecule has 32 heavy (non-hydrogen) atoms. The average molecular weight is 418 g/mol. The maximum absolute atomic E-state index is 12.6. The summed E-state index contributed by atoms with van der Waals surface area (Å²) in [4.78, 5) is 16.0. The molecule has 0 aliphatic rings. The number of hydrogen-bond acceptors (Lipinski definition) is 2. The Bertz CT molecular complexity index is 1350. The van der Waals surface area contributed by atoms with E-state index in [0.717, 1.165) is 33.3 Å². The van der Waals surface area contributed by atoms with E-state index in [2.05, 4.69) is 4.98 Å². The van der Waals surface area contributed by atoms with Crippen LogP contribution in [0.3, 0.4) is 0 Å². The van der Waals surface area contributed by atoms with Gasteiger partial charge < -0.3 is 4.98 Å². The lowest BCUT2D eigenvalue weighted by atomic mass is 9.80. The number of para-hydroxylation sites is 1. The highest BCUT2D eigenvalue weighted by molar-refractivity contribution is 5.92. The zero-order valence-electron chi connectivity index (χ0n) is 17.4. The number of fused-ring (bicyclic) bond motifs is 1. The van der Waals surface area contributed by atoms with Crippen LogP contribution < -0.4 is 0 Å². The Labute approximate surface area is 186 Å². The summed E-state index contributed by atoms with van der Waals surface area (Å²) >= 11 is 0. The lowest BCUT2D eigenvalue weighted by molar-refractivity contribution is -0.531. The monoisotopic (exact) mass is 418 g/mol. The molecule has 1 aromatic heterocycles. The predicted octanol–water partition coefficient (Wildman–Crippen LogP) is 6.98. The van der Waals surface area contributed by atoms with Crippen LogP contribution in [0.4, 0.5) is 0 Å². The molecule has 0 saturated heterocycles. The number of H-pyrrole nitrogens is 1. The zero-order valence-corrected chi connectivity index (χ0v) is 17.4. The number of hydrogen-bond donors (Lipinski definition) is 1. The molecule has 0 radical (unpaired) electrons. The van der Waals surface area contributed by atoms with Crippen LogP contribution in [0.1, 0.15) is 28.7 Å². The van der Waals surface area contributed by atoms with Crippen molar-refractivity contribution in [2.45, 2.75) is 12.0 Å². The van der Waals surface area contributed by atoms with Gasteiger partial charge in [-0.15, -0.1) is 0 Å². The van der Waals surface area contributed by atoms with Gasteiger partial charge in [-0.05, 0) is 17.2 Å². The Morgan fingerprint density at radius 2 is 1.19 bits per heavy atom. The molecule has 1 unspecified atom stereocenters. The van der Waals surface area contributed by atoms with Crippen molar-refractivity contribution >= 4 is 10.9 Å². The van der Waals surface area contributed by atoms with Crippen LogP contribution in [0.15, 0.2) is 115 Å². The Kier molecular flexibility index (Phi) is 5.26. The second-order valence-corrected chi connectivity index (χ2v) is 7.85. The molecule has 0 bridgehead atoms. The van der Waals surface area contributed by atoms with Gasteiger partial charge in [0.25, 0.3) is 0 Å². The molecule has 4 nitrogen and oxygen atoms in total. The molecule has 4 heteroatoms. The Hall–Kier alpha value is -4.18. The van der Waals surface area contributed by atoms with Crippen LogP contribution >= 0.6 is 0 Å². The molecular weight excluding hydrogens is 396 g/mol. The second-order valence-electron chi connectivity index (χ2n) is 7.85. The zero-order chi connectivity index (χ0) is 21.9. The molecule has 0 aliphatic heterocycles. The highest BCUT2D eigenvalue weighted by Gasteiger charge is 2.38. The third-order valence-electron chi connectivity index (χ3n) is 5.96. The van der Waals surface area contributed by atoms with E-state index in [9.17, 15) is 10.1 Å². The lowest BCUT2D eigenvalue weighted by Gasteiger charge is -2.23. The number of nitrogens with zero attached hydrogens (tertiary/aromatic N) is 1. The predicted molar refractivity (Wildman–Crippen MR) is 128 cm³/mol. The van der Waals surface area contributed by atoms with Gasteiger partial charge in [0.2, 0.25) is 6.04 Å². The molecule has 0 spiro atoms. The molecule has 1 heterocycles. The van der Waals surface area contributed by atoms with E-state index in [0.29, 0.717) is 5.56 Å². The summed E-state index contributed by atoms with van der Waals surface area (Å²) in [5, 5.41) is 13.6. The minimum absolute atomic E-state index is 0.149. The molecule has 1 N–H and O–H groups in total. The molecule has 2 atom stereocenters. The second kappa shape index (κ2) is 8.52. The smallest absolute Gasteiger partial charge is 0.248 e. The highest BCUT2D eigenvalue weighted by atomic mass is 16.6. The summed E-state index contributed by atoms with van der Waals surface area (Å²) < 4.78 is 0. The van der Waals surface area contributed by atoms with Crippen molar-refractivity contribution in [2.75, 3.05) is 0 Å². The molecule has 156 valence electrons. The van der Waals surface area contributed by atoms with Crippen molar-refractivity contribution in [1.82, 2.24) is 4.98 Å². The maximum Gasteiger partial charge on any atom is 0.248 e. The fraction of sp³-hybridized carbons (Fsp3) is 0.0714. The van der Waals surface area contributed by atoms with Crippen LogP contribution in [0, 0.1) is 10.1 Å². The van der Waals surface area contributed by atoms with Crippen LogP contribution in [0.5, 0.6) is 0 Å². The van der Waals surface area contributed by atoms with Crippen LogP contribution in [0.2, 0.25) is 0 Å². The van der Waals surface area contributed by atoms with Gasteiger partial charge in [0.05, 0.1) is 11.6 Å². The number of nitrogens with one attached hydrogen (secondary N) is 1. The molecule has 0 saturated carbocycles.